The number of imidazole rings is 1. The first-order valence-electron chi connectivity index (χ1n) is 8.48. The molecule has 1 aromatic carbocycles. The standard InChI is InChI=1S/C18H24N4O2/c23-18(22-9-3-4-10-22)14-24-17-6-2-1-5-16(17)13-19-7-11-21-12-8-20-15-21/h1-2,5-6,8,12,15,19H,3-4,7,9-11,13-14H2. The number of ether oxygens (including phenoxy) is 1. The Bertz CT molecular complexity index is 636. The van der Waals surface area contributed by atoms with Gasteiger partial charge in [-0.05, 0) is 18.9 Å². The van der Waals surface area contributed by atoms with Gasteiger partial charge in [-0.25, -0.2) is 4.98 Å². The summed E-state index contributed by atoms with van der Waals surface area (Å²) in [6.07, 6.45) is 7.73. The van der Waals surface area contributed by atoms with Gasteiger partial charge in [0.25, 0.3) is 5.91 Å². The Balaban J connectivity index is 1.46. The van der Waals surface area contributed by atoms with Crippen molar-refractivity contribution in [3.8, 4) is 5.75 Å². The summed E-state index contributed by atoms with van der Waals surface area (Å²) in [7, 11) is 0. The largest absolute Gasteiger partial charge is 0.483 e. The van der Waals surface area contributed by atoms with Crippen LogP contribution in [0, 0.1) is 0 Å². The predicted molar refractivity (Wildman–Crippen MR) is 91.7 cm³/mol. The topological polar surface area (TPSA) is 59.4 Å². The van der Waals surface area contributed by atoms with Crippen LogP contribution in [-0.2, 0) is 17.9 Å². The molecule has 1 aliphatic heterocycles. The Morgan fingerprint density at radius 3 is 2.88 bits per heavy atom. The molecule has 1 aliphatic rings. The molecule has 1 N–H and O–H groups in total. The molecule has 2 heterocycles. The first-order chi connectivity index (χ1) is 11.8. The maximum absolute atomic E-state index is 12.1. The Hall–Kier alpha value is -2.34. The molecule has 0 saturated carbocycles. The van der Waals surface area contributed by atoms with Crippen LogP contribution < -0.4 is 10.1 Å². The number of carbonyl (C=O) groups is 1. The highest BCUT2D eigenvalue weighted by Gasteiger charge is 2.18. The SMILES string of the molecule is O=C(COc1ccccc1CNCCn1ccnc1)N1CCCC1. The molecule has 0 spiro atoms. The number of likely N-dealkylation sites (tertiary alicyclic amines) is 1. The first-order valence-corrected chi connectivity index (χ1v) is 8.48. The minimum absolute atomic E-state index is 0.0790. The van der Waals surface area contributed by atoms with Crippen LogP contribution >= 0.6 is 0 Å². The molecule has 0 aliphatic carbocycles. The lowest BCUT2D eigenvalue weighted by atomic mass is 10.2. The zero-order valence-electron chi connectivity index (χ0n) is 13.9. The van der Waals surface area contributed by atoms with Gasteiger partial charge in [-0.2, -0.15) is 0 Å². The summed E-state index contributed by atoms with van der Waals surface area (Å²) < 4.78 is 7.80. The average molecular weight is 328 g/mol. The van der Waals surface area contributed by atoms with Crippen LogP contribution in [0.25, 0.3) is 0 Å². The maximum atomic E-state index is 12.1. The number of nitrogens with one attached hydrogen (secondary N) is 1. The Labute approximate surface area is 142 Å². The van der Waals surface area contributed by atoms with Crippen molar-refractivity contribution in [2.45, 2.75) is 25.9 Å². The fourth-order valence-electron chi connectivity index (χ4n) is 2.84. The molecule has 6 nitrogen and oxygen atoms in total. The number of carbonyl (C=O) groups excluding carboxylic acids is 1. The van der Waals surface area contributed by atoms with E-state index in [2.05, 4.69) is 10.3 Å². The molecule has 6 heteroatoms. The summed E-state index contributed by atoms with van der Waals surface area (Å²) in [4.78, 5) is 18.0. The first kappa shape index (κ1) is 16.5. The molecule has 0 bridgehead atoms. The van der Waals surface area contributed by atoms with E-state index in [1.54, 1.807) is 6.20 Å². The molecule has 3 rings (SSSR count). The lowest BCUT2D eigenvalue weighted by Gasteiger charge is -2.17. The van der Waals surface area contributed by atoms with E-state index in [9.17, 15) is 4.79 Å². The van der Waals surface area contributed by atoms with E-state index < -0.39 is 0 Å². The molecular formula is C18H24N4O2. The van der Waals surface area contributed by atoms with Gasteiger partial charge in [-0.3, -0.25) is 4.79 Å². The van der Waals surface area contributed by atoms with Crippen molar-refractivity contribution in [3.63, 3.8) is 0 Å². The summed E-state index contributed by atoms with van der Waals surface area (Å²) in [5.41, 5.74) is 1.07. The molecule has 1 amide bonds. The smallest absolute Gasteiger partial charge is 0.260 e. The van der Waals surface area contributed by atoms with E-state index in [1.807, 2.05) is 46.3 Å². The average Bonchev–Trinajstić information content (AvgIpc) is 3.31. The number of rotatable bonds is 8. The Kier molecular flexibility index (Phi) is 5.85. The Morgan fingerprint density at radius 1 is 1.25 bits per heavy atom. The second-order valence-electron chi connectivity index (χ2n) is 5.96. The van der Waals surface area contributed by atoms with Crippen LogP contribution in [0.1, 0.15) is 18.4 Å². The van der Waals surface area contributed by atoms with Crippen molar-refractivity contribution in [1.29, 1.82) is 0 Å². The highest BCUT2D eigenvalue weighted by molar-refractivity contribution is 5.78. The highest BCUT2D eigenvalue weighted by Crippen LogP contribution is 2.18. The summed E-state index contributed by atoms with van der Waals surface area (Å²) in [6.45, 7) is 4.27. The van der Waals surface area contributed by atoms with E-state index in [0.29, 0.717) is 6.54 Å². The third kappa shape index (κ3) is 4.58. The lowest BCUT2D eigenvalue weighted by Crippen LogP contribution is -2.32. The van der Waals surface area contributed by atoms with Gasteiger partial charge in [-0.15, -0.1) is 0 Å². The maximum Gasteiger partial charge on any atom is 0.260 e. The number of benzene rings is 1. The number of para-hydroxylation sites is 1. The monoisotopic (exact) mass is 328 g/mol. The van der Waals surface area contributed by atoms with Gasteiger partial charge >= 0.3 is 0 Å². The summed E-state index contributed by atoms with van der Waals surface area (Å²) in [6, 6.07) is 7.87. The molecule has 0 unspecified atom stereocenters. The lowest BCUT2D eigenvalue weighted by molar-refractivity contribution is -0.132. The van der Waals surface area contributed by atoms with Crippen LogP contribution in [0.15, 0.2) is 43.0 Å². The molecule has 128 valence electrons. The second kappa shape index (κ2) is 8.49. The number of hydrogen-bond acceptors (Lipinski definition) is 4. The molecule has 1 saturated heterocycles. The summed E-state index contributed by atoms with van der Waals surface area (Å²) in [5, 5.41) is 3.40. The van der Waals surface area contributed by atoms with E-state index in [0.717, 1.165) is 50.3 Å². The van der Waals surface area contributed by atoms with Gasteiger partial charge in [-0.1, -0.05) is 18.2 Å². The van der Waals surface area contributed by atoms with E-state index in [-0.39, 0.29) is 12.5 Å². The highest BCUT2D eigenvalue weighted by atomic mass is 16.5. The molecule has 0 atom stereocenters. The quantitative estimate of drug-likeness (QED) is 0.749. The fourth-order valence-corrected chi connectivity index (χ4v) is 2.84. The van der Waals surface area contributed by atoms with Gasteiger partial charge in [0.05, 0.1) is 6.33 Å². The third-order valence-electron chi connectivity index (χ3n) is 4.20. The zero-order chi connectivity index (χ0) is 16.6. The van der Waals surface area contributed by atoms with Crippen molar-refractivity contribution in [2.75, 3.05) is 26.2 Å². The van der Waals surface area contributed by atoms with Crippen molar-refractivity contribution >= 4 is 5.91 Å². The molecule has 0 radical (unpaired) electrons. The molecule has 2 aromatic rings. The number of aromatic nitrogens is 2. The van der Waals surface area contributed by atoms with Gasteiger partial charge in [0.1, 0.15) is 5.75 Å². The van der Waals surface area contributed by atoms with E-state index in [4.69, 9.17) is 4.74 Å². The van der Waals surface area contributed by atoms with Gasteiger partial charge in [0.15, 0.2) is 6.61 Å². The van der Waals surface area contributed by atoms with Crippen LogP contribution in [0.3, 0.4) is 0 Å². The minimum Gasteiger partial charge on any atom is -0.483 e. The zero-order valence-corrected chi connectivity index (χ0v) is 13.9. The fraction of sp³-hybridized carbons (Fsp3) is 0.444. The summed E-state index contributed by atoms with van der Waals surface area (Å²) >= 11 is 0. The molecular weight excluding hydrogens is 304 g/mol. The number of nitrogens with zero attached hydrogens (tertiary/aromatic N) is 3. The molecule has 1 fully saturated rings. The van der Waals surface area contributed by atoms with Crippen LogP contribution in [0.2, 0.25) is 0 Å². The van der Waals surface area contributed by atoms with E-state index in [1.165, 1.54) is 0 Å². The summed E-state index contributed by atoms with van der Waals surface area (Å²) in [5.74, 6) is 0.857. The van der Waals surface area contributed by atoms with Crippen molar-refractivity contribution < 1.29 is 9.53 Å². The molecule has 1 aromatic heterocycles. The van der Waals surface area contributed by atoms with Crippen molar-refractivity contribution in [2.24, 2.45) is 0 Å². The number of amides is 1. The van der Waals surface area contributed by atoms with Gasteiger partial charge < -0.3 is 19.5 Å². The predicted octanol–water partition coefficient (Wildman–Crippen LogP) is 1.67. The van der Waals surface area contributed by atoms with Crippen LogP contribution in [0.5, 0.6) is 5.75 Å². The third-order valence-corrected chi connectivity index (χ3v) is 4.20. The Morgan fingerprint density at radius 2 is 2.08 bits per heavy atom. The second-order valence-corrected chi connectivity index (χ2v) is 5.96. The molecule has 24 heavy (non-hydrogen) atoms. The normalized spacial score (nSPS) is 14.1. The minimum atomic E-state index is 0.0790. The van der Waals surface area contributed by atoms with Crippen molar-refractivity contribution in [1.82, 2.24) is 19.8 Å². The number of hydrogen-bond donors (Lipinski definition) is 1. The van der Waals surface area contributed by atoms with Crippen LogP contribution in [0.4, 0.5) is 0 Å². The van der Waals surface area contributed by atoms with Crippen LogP contribution in [-0.4, -0.2) is 46.6 Å². The van der Waals surface area contributed by atoms with Crippen molar-refractivity contribution in [3.05, 3.63) is 48.5 Å². The van der Waals surface area contributed by atoms with Gasteiger partial charge in [0.2, 0.25) is 0 Å². The van der Waals surface area contributed by atoms with Gasteiger partial charge in [0, 0.05) is 50.7 Å². The van der Waals surface area contributed by atoms with E-state index >= 15 is 0 Å².